The van der Waals surface area contributed by atoms with E-state index in [1.807, 2.05) is 6.07 Å². The molecule has 24 heavy (non-hydrogen) atoms. The molecule has 1 N–H and O–H groups in total. The van der Waals surface area contributed by atoms with Crippen molar-refractivity contribution >= 4 is 5.91 Å². The van der Waals surface area contributed by atoms with Gasteiger partial charge in [-0.05, 0) is 46.9 Å². The second-order valence-electron chi connectivity index (χ2n) is 7.23. The number of rotatable bonds is 3. The Balaban J connectivity index is 1.60. The Kier molecular flexibility index (Phi) is 4.31. The standard InChI is InChI=1S/C20H22FNO2/c1-20(2,3)15-6-9-18-14(10-15)11-17(24-18)12-22-19(23)13-4-7-16(21)8-5-13/h4-10,17H,11-12H2,1-3H3,(H,22,23)/t17-/m0/s1. The first-order valence-corrected chi connectivity index (χ1v) is 8.17. The molecule has 0 bridgehead atoms. The molecule has 1 amide bonds. The van der Waals surface area contributed by atoms with E-state index in [0.29, 0.717) is 12.1 Å². The van der Waals surface area contributed by atoms with Crippen molar-refractivity contribution in [1.29, 1.82) is 0 Å². The fraction of sp³-hybridized carbons (Fsp3) is 0.350. The molecule has 2 aromatic carbocycles. The van der Waals surface area contributed by atoms with Gasteiger partial charge >= 0.3 is 0 Å². The summed E-state index contributed by atoms with van der Waals surface area (Å²) in [7, 11) is 0. The number of hydrogen-bond acceptors (Lipinski definition) is 2. The molecule has 0 saturated heterocycles. The van der Waals surface area contributed by atoms with Gasteiger partial charge in [0.05, 0.1) is 6.54 Å². The van der Waals surface area contributed by atoms with Crippen molar-refractivity contribution in [3.05, 3.63) is 65.0 Å². The average Bonchev–Trinajstić information content (AvgIpc) is 2.94. The van der Waals surface area contributed by atoms with Crippen LogP contribution in [0.5, 0.6) is 5.75 Å². The highest BCUT2D eigenvalue weighted by molar-refractivity contribution is 5.94. The van der Waals surface area contributed by atoms with Crippen LogP contribution in [0.4, 0.5) is 4.39 Å². The minimum absolute atomic E-state index is 0.0698. The van der Waals surface area contributed by atoms with Crippen molar-refractivity contribution in [3.63, 3.8) is 0 Å². The van der Waals surface area contributed by atoms with Crippen LogP contribution in [-0.2, 0) is 11.8 Å². The third-order valence-electron chi connectivity index (χ3n) is 4.26. The van der Waals surface area contributed by atoms with Gasteiger partial charge in [-0.25, -0.2) is 4.39 Å². The Morgan fingerprint density at radius 1 is 1.21 bits per heavy atom. The molecule has 0 aliphatic carbocycles. The van der Waals surface area contributed by atoms with E-state index in [4.69, 9.17) is 4.74 Å². The van der Waals surface area contributed by atoms with E-state index < -0.39 is 0 Å². The molecule has 126 valence electrons. The summed E-state index contributed by atoms with van der Waals surface area (Å²) in [6.07, 6.45) is 0.711. The van der Waals surface area contributed by atoms with Gasteiger partial charge in [-0.1, -0.05) is 32.9 Å². The minimum atomic E-state index is -0.351. The topological polar surface area (TPSA) is 38.3 Å². The van der Waals surface area contributed by atoms with Gasteiger partial charge < -0.3 is 10.1 Å². The van der Waals surface area contributed by atoms with E-state index in [-0.39, 0.29) is 23.2 Å². The van der Waals surface area contributed by atoms with Crippen LogP contribution < -0.4 is 10.1 Å². The lowest BCUT2D eigenvalue weighted by atomic mass is 9.86. The van der Waals surface area contributed by atoms with Gasteiger partial charge in [0, 0.05) is 12.0 Å². The number of amides is 1. The Bertz CT molecular complexity index is 747. The lowest BCUT2D eigenvalue weighted by molar-refractivity contribution is 0.0933. The van der Waals surface area contributed by atoms with Crippen molar-refractivity contribution in [2.24, 2.45) is 0 Å². The maximum atomic E-state index is 12.9. The van der Waals surface area contributed by atoms with Crippen LogP contribution in [0.25, 0.3) is 0 Å². The molecule has 1 atom stereocenters. The van der Waals surface area contributed by atoms with Crippen LogP contribution in [-0.4, -0.2) is 18.6 Å². The molecule has 0 unspecified atom stereocenters. The molecule has 2 aromatic rings. The average molecular weight is 327 g/mol. The molecule has 3 rings (SSSR count). The zero-order chi connectivity index (χ0) is 17.3. The molecule has 3 nitrogen and oxygen atoms in total. The number of hydrogen-bond donors (Lipinski definition) is 1. The second-order valence-corrected chi connectivity index (χ2v) is 7.23. The second kappa shape index (κ2) is 6.27. The van der Waals surface area contributed by atoms with E-state index in [9.17, 15) is 9.18 Å². The first-order valence-electron chi connectivity index (χ1n) is 8.17. The molecular formula is C20H22FNO2. The van der Waals surface area contributed by atoms with Crippen molar-refractivity contribution in [3.8, 4) is 5.75 Å². The number of carbonyl (C=O) groups excluding carboxylic acids is 1. The highest BCUT2D eigenvalue weighted by Gasteiger charge is 2.25. The Labute approximate surface area is 141 Å². The summed E-state index contributed by atoms with van der Waals surface area (Å²) >= 11 is 0. The molecule has 0 saturated carbocycles. The molecule has 0 radical (unpaired) electrons. The zero-order valence-corrected chi connectivity index (χ0v) is 14.2. The Hall–Kier alpha value is -2.36. The van der Waals surface area contributed by atoms with Gasteiger partial charge in [-0.3, -0.25) is 4.79 Å². The smallest absolute Gasteiger partial charge is 0.251 e. The van der Waals surface area contributed by atoms with Crippen LogP contribution in [0.1, 0.15) is 42.3 Å². The SMILES string of the molecule is CC(C)(C)c1ccc2c(c1)C[C@@H](CNC(=O)c1ccc(F)cc1)O2. The Morgan fingerprint density at radius 3 is 2.58 bits per heavy atom. The summed E-state index contributed by atoms with van der Waals surface area (Å²) in [5, 5.41) is 2.85. The maximum absolute atomic E-state index is 12.9. The third-order valence-corrected chi connectivity index (χ3v) is 4.26. The number of benzene rings is 2. The van der Waals surface area contributed by atoms with Gasteiger partial charge in [-0.15, -0.1) is 0 Å². The number of fused-ring (bicyclic) bond motifs is 1. The summed E-state index contributed by atoms with van der Waals surface area (Å²) in [5.41, 5.74) is 3.01. The monoisotopic (exact) mass is 327 g/mol. The normalized spacial score (nSPS) is 16.4. The van der Waals surface area contributed by atoms with E-state index in [1.165, 1.54) is 35.4 Å². The van der Waals surface area contributed by atoms with E-state index in [1.54, 1.807) is 0 Å². The highest BCUT2D eigenvalue weighted by atomic mass is 19.1. The van der Waals surface area contributed by atoms with Gasteiger partial charge in [0.2, 0.25) is 0 Å². The van der Waals surface area contributed by atoms with Crippen molar-refractivity contribution in [1.82, 2.24) is 5.32 Å². The molecule has 1 aliphatic heterocycles. The van der Waals surface area contributed by atoms with Crippen LogP contribution in [0.2, 0.25) is 0 Å². The fourth-order valence-corrected chi connectivity index (χ4v) is 2.81. The number of ether oxygens (including phenoxy) is 1. The summed E-state index contributed by atoms with van der Waals surface area (Å²) in [6, 6.07) is 11.8. The zero-order valence-electron chi connectivity index (χ0n) is 14.2. The lowest BCUT2D eigenvalue weighted by Crippen LogP contribution is -2.34. The van der Waals surface area contributed by atoms with E-state index >= 15 is 0 Å². The number of nitrogens with one attached hydrogen (secondary N) is 1. The van der Waals surface area contributed by atoms with E-state index in [0.717, 1.165) is 12.2 Å². The summed E-state index contributed by atoms with van der Waals surface area (Å²) < 4.78 is 18.8. The summed E-state index contributed by atoms with van der Waals surface area (Å²) in [4.78, 5) is 12.1. The van der Waals surface area contributed by atoms with Crippen LogP contribution >= 0.6 is 0 Å². The van der Waals surface area contributed by atoms with Gasteiger partial charge in [0.15, 0.2) is 0 Å². The van der Waals surface area contributed by atoms with Crippen molar-refractivity contribution < 1.29 is 13.9 Å². The first-order chi connectivity index (χ1) is 11.3. The quantitative estimate of drug-likeness (QED) is 0.930. The molecule has 0 aromatic heterocycles. The number of halogens is 1. The predicted octanol–water partition coefficient (Wildman–Crippen LogP) is 3.86. The fourth-order valence-electron chi connectivity index (χ4n) is 2.81. The molecule has 0 fully saturated rings. The van der Waals surface area contributed by atoms with Crippen LogP contribution in [0.15, 0.2) is 42.5 Å². The molecule has 1 heterocycles. The first kappa shape index (κ1) is 16.5. The predicted molar refractivity (Wildman–Crippen MR) is 92.0 cm³/mol. The molecule has 1 aliphatic rings. The van der Waals surface area contributed by atoms with Crippen molar-refractivity contribution in [2.45, 2.75) is 38.7 Å². The number of carbonyl (C=O) groups is 1. The van der Waals surface area contributed by atoms with Gasteiger partial charge in [-0.2, -0.15) is 0 Å². The largest absolute Gasteiger partial charge is 0.488 e. The summed E-state index contributed by atoms with van der Waals surface area (Å²) in [6.45, 7) is 6.98. The molecular weight excluding hydrogens is 305 g/mol. The minimum Gasteiger partial charge on any atom is -0.488 e. The van der Waals surface area contributed by atoms with Gasteiger partial charge in [0.1, 0.15) is 17.7 Å². The maximum Gasteiger partial charge on any atom is 0.251 e. The molecule has 0 spiro atoms. The highest BCUT2D eigenvalue weighted by Crippen LogP contribution is 2.33. The van der Waals surface area contributed by atoms with Gasteiger partial charge in [0.25, 0.3) is 5.91 Å². The molecule has 4 heteroatoms. The van der Waals surface area contributed by atoms with Crippen LogP contribution in [0, 0.1) is 5.82 Å². The third kappa shape index (κ3) is 3.58. The van der Waals surface area contributed by atoms with Crippen molar-refractivity contribution in [2.75, 3.05) is 6.54 Å². The van der Waals surface area contributed by atoms with E-state index in [2.05, 4.69) is 38.2 Å². The Morgan fingerprint density at radius 2 is 1.92 bits per heavy atom. The summed E-state index contributed by atoms with van der Waals surface area (Å²) in [5.74, 6) is 0.324. The lowest BCUT2D eigenvalue weighted by Gasteiger charge is -2.19. The van der Waals surface area contributed by atoms with Crippen LogP contribution in [0.3, 0.4) is 0 Å².